The molecule has 1 unspecified atom stereocenters. The third-order valence-electron chi connectivity index (χ3n) is 3.47. The molecule has 0 aliphatic rings. The molecule has 2 rings (SSSR count). The second-order valence-corrected chi connectivity index (χ2v) is 5.93. The van der Waals surface area contributed by atoms with Gasteiger partial charge in [0.25, 0.3) is 0 Å². The van der Waals surface area contributed by atoms with E-state index in [1.807, 2.05) is 23.7 Å². The smallest absolute Gasteiger partial charge is 0.182 e. The highest BCUT2D eigenvalue weighted by Gasteiger charge is 2.20. The lowest BCUT2D eigenvalue weighted by atomic mass is 10.1. The molecule has 0 saturated carbocycles. The number of nitrogens with two attached hydrogens (primary N) is 1. The van der Waals surface area contributed by atoms with Gasteiger partial charge in [-0.3, -0.25) is 0 Å². The molecular formula is C14H20BrN5O. The first kappa shape index (κ1) is 15.9. The van der Waals surface area contributed by atoms with Gasteiger partial charge in [-0.25, -0.2) is 4.68 Å². The summed E-state index contributed by atoms with van der Waals surface area (Å²) in [6, 6.07) is 3.99. The first-order valence-corrected chi connectivity index (χ1v) is 7.70. The zero-order valence-electron chi connectivity index (χ0n) is 12.5. The highest BCUT2D eigenvalue weighted by atomic mass is 79.9. The van der Waals surface area contributed by atoms with Crippen molar-refractivity contribution in [3.8, 4) is 11.4 Å². The van der Waals surface area contributed by atoms with Gasteiger partial charge in [-0.1, -0.05) is 29.3 Å². The normalized spacial score (nSPS) is 12.6. The van der Waals surface area contributed by atoms with Gasteiger partial charge in [-0.2, -0.15) is 0 Å². The molecule has 1 heterocycles. The van der Waals surface area contributed by atoms with E-state index >= 15 is 0 Å². The van der Waals surface area contributed by atoms with Crippen molar-refractivity contribution in [1.29, 1.82) is 0 Å². The topological polar surface area (TPSA) is 78.8 Å². The van der Waals surface area contributed by atoms with Gasteiger partial charge >= 0.3 is 0 Å². The predicted molar refractivity (Wildman–Crippen MR) is 85.9 cm³/mol. The molecule has 1 aromatic carbocycles. The highest BCUT2D eigenvalue weighted by Crippen LogP contribution is 2.31. The van der Waals surface area contributed by atoms with E-state index in [9.17, 15) is 0 Å². The second-order valence-electron chi connectivity index (χ2n) is 5.01. The lowest BCUT2D eigenvalue weighted by Gasteiger charge is -2.18. The van der Waals surface area contributed by atoms with Crippen LogP contribution in [0, 0.1) is 6.92 Å². The summed E-state index contributed by atoms with van der Waals surface area (Å²) >= 11 is 3.47. The van der Waals surface area contributed by atoms with Crippen LogP contribution in [-0.4, -0.2) is 33.9 Å². The summed E-state index contributed by atoms with van der Waals surface area (Å²) in [4.78, 5) is 0. The number of ether oxygens (including phenoxy) is 1. The number of hydrogen-bond acceptors (Lipinski definition) is 5. The monoisotopic (exact) mass is 353 g/mol. The summed E-state index contributed by atoms with van der Waals surface area (Å²) in [5.41, 5.74) is 8.66. The Hall–Kier alpha value is -1.47. The zero-order valence-corrected chi connectivity index (χ0v) is 14.1. The number of tetrazole rings is 1. The molecule has 0 spiro atoms. The van der Waals surface area contributed by atoms with Crippen molar-refractivity contribution >= 4 is 21.6 Å². The summed E-state index contributed by atoms with van der Waals surface area (Å²) in [5.74, 6) is 0.719. The van der Waals surface area contributed by atoms with Crippen LogP contribution in [0.2, 0.25) is 0 Å². The van der Waals surface area contributed by atoms with E-state index in [-0.39, 0.29) is 6.04 Å². The maximum absolute atomic E-state index is 6.04. The fourth-order valence-electron chi connectivity index (χ4n) is 2.35. The number of halogens is 1. The van der Waals surface area contributed by atoms with Crippen molar-refractivity contribution in [2.24, 2.45) is 0 Å². The highest BCUT2D eigenvalue weighted by molar-refractivity contribution is 9.10. The molecule has 0 radical (unpaired) electrons. The number of rotatable bonds is 6. The van der Waals surface area contributed by atoms with Crippen LogP contribution in [-0.2, 0) is 4.74 Å². The molecule has 114 valence electrons. The molecular weight excluding hydrogens is 334 g/mol. The Morgan fingerprint density at radius 1 is 1.43 bits per heavy atom. The minimum absolute atomic E-state index is 0.115. The van der Waals surface area contributed by atoms with E-state index < -0.39 is 0 Å². The third-order valence-corrected chi connectivity index (χ3v) is 3.93. The standard InChI is InChI=1S/C14H20BrN5O/c1-4-5-11(8-21-3)20-14(17-18-19-20)12-6-10(15)7-13(16)9(12)2/h6-7,11H,4-5,8,16H2,1-3H3. The summed E-state index contributed by atoms with van der Waals surface area (Å²) < 4.78 is 8.04. The SMILES string of the molecule is CCCC(COC)n1nnnc1-c1cc(Br)cc(N)c1C. The van der Waals surface area contributed by atoms with E-state index in [0.29, 0.717) is 12.3 Å². The van der Waals surface area contributed by atoms with E-state index in [2.05, 4.69) is 38.4 Å². The van der Waals surface area contributed by atoms with Crippen molar-refractivity contribution < 1.29 is 4.74 Å². The lowest BCUT2D eigenvalue weighted by molar-refractivity contribution is 0.144. The number of nitrogens with zero attached hydrogens (tertiary/aromatic N) is 4. The quantitative estimate of drug-likeness (QED) is 0.807. The van der Waals surface area contributed by atoms with Crippen molar-refractivity contribution in [2.75, 3.05) is 19.5 Å². The van der Waals surface area contributed by atoms with Crippen molar-refractivity contribution in [1.82, 2.24) is 20.2 Å². The molecule has 21 heavy (non-hydrogen) atoms. The van der Waals surface area contributed by atoms with Gasteiger partial charge in [0.05, 0.1) is 12.6 Å². The molecule has 0 aliphatic heterocycles. The third kappa shape index (κ3) is 3.41. The van der Waals surface area contributed by atoms with Gasteiger partial charge in [0.1, 0.15) is 0 Å². The minimum Gasteiger partial charge on any atom is -0.398 e. The van der Waals surface area contributed by atoms with E-state index in [1.54, 1.807) is 7.11 Å². The Bertz CT molecular complexity index is 607. The Labute approximate surface area is 132 Å². The van der Waals surface area contributed by atoms with Crippen LogP contribution in [0.3, 0.4) is 0 Å². The summed E-state index contributed by atoms with van der Waals surface area (Å²) in [7, 11) is 1.69. The van der Waals surface area contributed by atoms with Crippen molar-refractivity contribution in [3.05, 3.63) is 22.2 Å². The number of nitrogen functional groups attached to an aromatic ring is 1. The average molecular weight is 354 g/mol. The number of methoxy groups -OCH3 is 1. The Morgan fingerprint density at radius 2 is 2.19 bits per heavy atom. The number of aromatic nitrogens is 4. The van der Waals surface area contributed by atoms with E-state index in [4.69, 9.17) is 10.5 Å². The van der Waals surface area contributed by atoms with Crippen LogP contribution in [0.5, 0.6) is 0 Å². The van der Waals surface area contributed by atoms with E-state index in [0.717, 1.165) is 34.3 Å². The first-order chi connectivity index (χ1) is 10.1. The number of hydrogen-bond donors (Lipinski definition) is 1. The molecule has 0 amide bonds. The van der Waals surface area contributed by atoms with Gasteiger partial charge in [-0.15, -0.1) is 5.10 Å². The maximum Gasteiger partial charge on any atom is 0.182 e. The average Bonchev–Trinajstić information content (AvgIpc) is 2.91. The summed E-state index contributed by atoms with van der Waals surface area (Å²) in [6.07, 6.45) is 1.99. The number of benzene rings is 1. The van der Waals surface area contributed by atoms with Gasteiger partial charge in [0.15, 0.2) is 5.82 Å². The van der Waals surface area contributed by atoms with Crippen LogP contribution in [0.15, 0.2) is 16.6 Å². The first-order valence-electron chi connectivity index (χ1n) is 6.91. The lowest BCUT2D eigenvalue weighted by Crippen LogP contribution is -2.17. The minimum atomic E-state index is 0.115. The molecule has 1 atom stereocenters. The molecule has 6 nitrogen and oxygen atoms in total. The van der Waals surface area contributed by atoms with Crippen LogP contribution < -0.4 is 5.73 Å². The van der Waals surface area contributed by atoms with Crippen LogP contribution in [0.4, 0.5) is 5.69 Å². The summed E-state index contributed by atoms with van der Waals surface area (Å²) in [6.45, 7) is 4.69. The molecule has 1 aromatic heterocycles. The second kappa shape index (κ2) is 7.00. The molecule has 2 N–H and O–H groups in total. The van der Waals surface area contributed by atoms with Gasteiger partial charge in [-0.05, 0) is 41.5 Å². The fourth-order valence-corrected chi connectivity index (χ4v) is 2.83. The molecule has 0 aliphatic carbocycles. The molecule has 7 heteroatoms. The predicted octanol–water partition coefficient (Wildman–Crippen LogP) is 2.98. The largest absolute Gasteiger partial charge is 0.398 e. The van der Waals surface area contributed by atoms with Crippen molar-refractivity contribution in [3.63, 3.8) is 0 Å². The van der Waals surface area contributed by atoms with Crippen LogP contribution in [0.1, 0.15) is 31.4 Å². The molecule has 0 bridgehead atoms. The van der Waals surface area contributed by atoms with Crippen LogP contribution in [0.25, 0.3) is 11.4 Å². The molecule has 0 fully saturated rings. The zero-order chi connectivity index (χ0) is 15.4. The fraction of sp³-hybridized carbons (Fsp3) is 0.500. The maximum atomic E-state index is 6.04. The van der Waals surface area contributed by atoms with Gasteiger partial charge in [0.2, 0.25) is 0 Å². The Morgan fingerprint density at radius 3 is 2.86 bits per heavy atom. The van der Waals surface area contributed by atoms with Gasteiger partial charge < -0.3 is 10.5 Å². The number of anilines is 1. The van der Waals surface area contributed by atoms with Gasteiger partial charge in [0, 0.05) is 22.8 Å². The Balaban J connectivity index is 2.49. The van der Waals surface area contributed by atoms with E-state index in [1.165, 1.54) is 0 Å². The molecule has 2 aromatic rings. The Kier molecular flexibility index (Phi) is 5.30. The molecule has 0 saturated heterocycles. The van der Waals surface area contributed by atoms with Crippen molar-refractivity contribution in [2.45, 2.75) is 32.7 Å². The summed E-state index contributed by atoms with van der Waals surface area (Å²) in [5, 5.41) is 12.2. The van der Waals surface area contributed by atoms with Crippen LogP contribution >= 0.6 is 15.9 Å².